The van der Waals surface area contributed by atoms with Gasteiger partial charge in [0.25, 0.3) is 5.91 Å². The zero-order chi connectivity index (χ0) is 15.6. The Morgan fingerprint density at radius 3 is 2.52 bits per heavy atom. The van der Waals surface area contributed by atoms with Crippen molar-refractivity contribution in [3.8, 4) is 0 Å². The molecule has 0 saturated carbocycles. The second-order valence-electron chi connectivity index (χ2n) is 4.99. The fourth-order valence-electron chi connectivity index (χ4n) is 2.46. The molecule has 2 heterocycles. The van der Waals surface area contributed by atoms with Gasteiger partial charge in [0.15, 0.2) is 0 Å². The number of methoxy groups -OCH3 is 1. The van der Waals surface area contributed by atoms with Crippen LogP contribution >= 0.6 is 11.3 Å². The van der Waals surface area contributed by atoms with Gasteiger partial charge in [-0.3, -0.25) is 4.79 Å². The summed E-state index contributed by atoms with van der Waals surface area (Å²) in [5.74, 6) is -0.953. The van der Waals surface area contributed by atoms with E-state index in [9.17, 15) is 14.7 Å². The highest BCUT2D eigenvalue weighted by molar-refractivity contribution is 7.19. The van der Waals surface area contributed by atoms with Gasteiger partial charge in [-0.2, -0.15) is 0 Å². The maximum Gasteiger partial charge on any atom is 0.350 e. The molecular weight excluding hydrogens is 294 g/mol. The highest BCUT2D eigenvalue weighted by Crippen LogP contribution is 2.39. The first-order valence-electron chi connectivity index (χ1n) is 6.65. The molecule has 1 aliphatic heterocycles. The molecule has 1 aromatic heterocycles. The van der Waals surface area contributed by atoms with Crippen LogP contribution in [-0.2, 0) is 4.74 Å². The van der Waals surface area contributed by atoms with Crippen molar-refractivity contribution in [2.45, 2.75) is 12.8 Å². The first kappa shape index (κ1) is 15.6. The molecule has 1 aliphatic rings. The molecule has 0 aliphatic carbocycles. The number of hydrogen-bond donors (Lipinski definition) is 3. The molecule has 0 radical (unpaired) electrons. The molecule has 0 aromatic carbocycles. The molecule has 2 rings (SSSR count). The minimum Gasteiger partial charge on any atom is -0.465 e. The molecule has 0 spiro atoms. The highest BCUT2D eigenvalue weighted by Gasteiger charge is 2.29. The Kier molecular flexibility index (Phi) is 4.69. The van der Waals surface area contributed by atoms with Crippen LogP contribution in [0, 0.1) is 5.92 Å². The first-order chi connectivity index (χ1) is 9.99. The fraction of sp³-hybridized carbons (Fsp3) is 0.538. The second kappa shape index (κ2) is 6.31. The van der Waals surface area contributed by atoms with E-state index in [1.807, 2.05) is 4.90 Å². The van der Waals surface area contributed by atoms with Gasteiger partial charge < -0.3 is 26.2 Å². The maximum absolute atomic E-state index is 11.7. The lowest BCUT2D eigenvalue weighted by Crippen LogP contribution is -2.35. The molecule has 1 amide bonds. The Labute approximate surface area is 126 Å². The molecule has 1 saturated heterocycles. The Balaban J connectivity index is 2.34. The van der Waals surface area contributed by atoms with Gasteiger partial charge in [0.2, 0.25) is 0 Å². The Morgan fingerprint density at radius 1 is 1.43 bits per heavy atom. The van der Waals surface area contributed by atoms with Crippen LogP contribution < -0.4 is 16.4 Å². The second-order valence-corrected chi connectivity index (χ2v) is 5.99. The number of carbonyl (C=O) groups is 2. The van der Waals surface area contributed by atoms with Gasteiger partial charge in [0.05, 0.1) is 18.4 Å². The Morgan fingerprint density at radius 2 is 2.05 bits per heavy atom. The highest BCUT2D eigenvalue weighted by atomic mass is 32.1. The van der Waals surface area contributed by atoms with E-state index in [-0.39, 0.29) is 28.7 Å². The van der Waals surface area contributed by atoms with E-state index >= 15 is 0 Å². The number of nitrogen functional groups attached to an aromatic ring is 1. The van der Waals surface area contributed by atoms with Crippen molar-refractivity contribution < 1.29 is 19.4 Å². The van der Waals surface area contributed by atoms with Crippen LogP contribution in [-0.4, -0.2) is 43.8 Å². The van der Waals surface area contributed by atoms with E-state index in [0.29, 0.717) is 18.1 Å². The number of anilines is 2. The molecule has 1 aromatic rings. The minimum atomic E-state index is -0.654. The smallest absolute Gasteiger partial charge is 0.350 e. The van der Waals surface area contributed by atoms with Gasteiger partial charge >= 0.3 is 5.97 Å². The standard InChI is InChI=1S/C13H19N3O4S/c1-20-13(19)10-9(14)8(11(15)18)12(21-10)16-4-2-7(6-17)3-5-16/h7,17H,2-6,14H2,1H3,(H2,15,18). The van der Waals surface area contributed by atoms with Crippen molar-refractivity contribution in [3.63, 3.8) is 0 Å². The number of aliphatic hydroxyl groups is 1. The fourth-order valence-corrected chi connectivity index (χ4v) is 3.65. The quantitative estimate of drug-likeness (QED) is 0.693. The van der Waals surface area contributed by atoms with Crippen molar-refractivity contribution in [1.29, 1.82) is 0 Å². The number of carbonyl (C=O) groups excluding carboxylic acids is 2. The summed E-state index contributed by atoms with van der Waals surface area (Å²) in [4.78, 5) is 25.6. The predicted octanol–water partition coefficient (Wildman–Crippen LogP) is 0.425. The third-order valence-electron chi connectivity index (χ3n) is 3.70. The third kappa shape index (κ3) is 2.96. The van der Waals surface area contributed by atoms with Crippen LogP contribution in [0.15, 0.2) is 0 Å². The van der Waals surface area contributed by atoms with Crippen molar-refractivity contribution in [1.82, 2.24) is 0 Å². The molecular formula is C13H19N3O4S. The topological polar surface area (TPSA) is 119 Å². The monoisotopic (exact) mass is 313 g/mol. The molecule has 1 fully saturated rings. The third-order valence-corrected chi connectivity index (χ3v) is 4.95. The van der Waals surface area contributed by atoms with Crippen LogP contribution in [0.3, 0.4) is 0 Å². The number of hydrogen-bond acceptors (Lipinski definition) is 7. The predicted molar refractivity (Wildman–Crippen MR) is 80.6 cm³/mol. The number of thiophene rings is 1. The van der Waals surface area contributed by atoms with E-state index < -0.39 is 11.9 Å². The van der Waals surface area contributed by atoms with Gasteiger partial charge in [-0.15, -0.1) is 11.3 Å². The largest absolute Gasteiger partial charge is 0.465 e. The number of nitrogens with two attached hydrogens (primary N) is 2. The molecule has 7 nitrogen and oxygen atoms in total. The van der Waals surface area contributed by atoms with E-state index in [4.69, 9.17) is 11.5 Å². The average Bonchev–Trinajstić information content (AvgIpc) is 2.84. The van der Waals surface area contributed by atoms with E-state index in [1.165, 1.54) is 7.11 Å². The van der Waals surface area contributed by atoms with Crippen LogP contribution in [0.5, 0.6) is 0 Å². The summed E-state index contributed by atoms with van der Waals surface area (Å²) in [5.41, 5.74) is 11.5. The van der Waals surface area contributed by atoms with Gasteiger partial charge in [0, 0.05) is 19.7 Å². The molecule has 0 unspecified atom stereocenters. The van der Waals surface area contributed by atoms with Gasteiger partial charge in [-0.1, -0.05) is 0 Å². The molecule has 21 heavy (non-hydrogen) atoms. The summed E-state index contributed by atoms with van der Waals surface area (Å²) < 4.78 is 4.67. The molecule has 5 N–H and O–H groups in total. The Hall–Kier alpha value is -1.80. The number of esters is 1. The van der Waals surface area contributed by atoms with E-state index in [1.54, 1.807) is 0 Å². The van der Waals surface area contributed by atoms with Gasteiger partial charge in [-0.25, -0.2) is 4.79 Å². The normalized spacial score (nSPS) is 16.0. The zero-order valence-electron chi connectivity index (χ0n) is 11.8. The van der Waals surface area contributed by atoms with Crippen molar-refractivity contribution in [2.75, 3.05) is 37.4 Å². The number of amides is 1. The zero-order valence-corrected chi connectivity index (χ0v) is 12.6. The van der Waals surface area contributed by atoms with E-state index in [2.05, 4.69) is 4.74 Å². The Bertz CT molecular complexity index is 550. The lowest BCUT2D eigenvalue weighted by atomic mass is 9.98. The molecule has 0 atom stereocenters. The summed E-state index contributed by atoms with van der Waals surface area (Å²) in [6.45, 7) is 1.54. The number of primary amides is 1. The summed E-state index contributed by atoms with van der Waals surface area (Å²) in [5, 5.41) is 9.78. The van der Waals surface area contributed by atoms with Crippen LogP contribution in [0.25, 0.3) is 0 Å². The van der Waals surface area contributed by atoms with Crippen LogP contribution in [0.1, 0.15) is 32.9 Å². The SMILES string of the molecule is COC(=O)c1sc(N2CCC(CO)CC2)c(C(N)=O)c1N. The lowest BCUT2D eigenvalue weighted by molar-refractivity contribution is 0.0607. The maximum atomic E-state index is 11.7. The van der Waals surface area contributed by atoms with Crippen molar-refractivity contribution in [3.05, 3.63) is 10.4 Å². The van der Waals surface area contributed by atoms with Crippen LogP contribution in [0.2, 0.25) is 0 Å². The minimum absolute atomic E-state index is 0.0821. The number of ether oxygens (including phenoxy) is 1. The van der Waals surface area contributed by atoms with Crippen molar-refractivity contribution >= 4 is 33.9 Å². The summed E-state index contributed by atoms with van der Waals surface area (Å²) in [7, 11) is 1.26. The molecule has 8 heteroatoms. The lowest BCUT2D eigenvalue weighted by Gasteiger charge is -2.32. The van der Waals surface area contributed by atoms with Gasteiger partial charge in [0.1, 0.15) is 9.88 Å². The number of aliphatic hydroxyl groups excluding tert-OH is 1. The number of piperidine rings is 1. The summed E-state index contributed by atoms with van der Waals surface area (Å²) in [6.07, 6.45) is 1.64. The average molecular weight is 313 g/mol. The van der Waals surface area contributed by atoms with E-state index in [0.717, 1.165) is 24.2 Å². The number of nitrogens with zero attached hydrogens (tertiary/aromatic N) is 1. The molecule has 116 valence electrons. The summed E-state index contributed by atoms with van der Waals surface area (Å²) in [6, 6.07) is 0. The first-order valence-corrected chi connectivity index (χ1v) is 7.47. The van der Waals surface area contributed by atoms with Crippen LogP contribution in [0.4, 0.5) is 10.7 Å². The van der Waals surface area contributed by atoms with Gasteiger partial charge in [-0.05, 0) is 18.8 Å². The van der Waals surface area contributed by atoms with Crippen molar-refractivity contribution in [2.24, 2.45) is 11.7 Å². The summed E-state index contributed by atoms with van der Waals surface area (Å²) >= 11 is 1.13. The molecule has 0 bridgehead atoms. The number of rotatable bonds is 4.